The van der Waals surface area contributed by atoms with Gasteiger partial charge in [0.05, 0.1) is 0 Å². The fraction of sp³-hybridized carbons (Fsp3) is 0.529. The number of piperidine rings is 2. The van der Waals surface area contributed by atoms with Crippen molar-refractivity contribution in [3.05, 3.63) is 29.3 Å². The molecule has 2 saturated heterocycles. The number of hydrogen-bond donors (Lipinski definition) is 3. The smallest absolute Gasteiger partial charge is 0.249 e. The van der Waals surface area contributed by atoms with Gasteiger partial charge in [-0.1, -0.05) is 6.07 Å². The molecule has 0 radical (unpaired) electrons. The van der Waals surface area contributed by atoms with Gasteiger partial charge in [0.2, 0.25) is 11.8 Å². The van der Waals surface area contributed by atoms with E-state index in [1.165, 1.54) is 24.0 Å². The molecule has 1 aromatic carbocycles. The van der Waals surface area contributed by atoms with Crippen molar-refractivity contribution in [2.75, 3.05) is 18.4 Å². The van der Waals surface area contributed by atoms with Gasteiger partial charge in [-0.2, -0.15) is 0 Å². The Morgan fingerprint density at radius 3 is 2.59 bits per heavy atom. The molecule has 5 nitrogen and oxygen atoms in total. The van der Waals surface area contributed by atoms with Crippen LogP contribution in [-0.2, 0) is 9.59 Å². The average Bonchev–Trinajstić information content (AvgIpc) is 2.51. The summed E-state index contributed by atoms with van der Waals surface area (Å²) in [6.45, 7) is 4.30. The second-order valence-corrected chi connectivity index (χ2v) is 6.24. The zero-order valence-electron chi connectivity index (χ0n) is 12.9. The van der Waals surface area contributed by atoms with Gasteiger partial charge in [-0.15, -0.1) is 0 Å². The number of amides is 2. The highest BCUT2D eigenvalue weighted by Crippen LogP contribution is 2.29. The lowest BCUT2D eigenvalue weighted by molar-refractivity contribution is -0.133. The van der Waals surface area contributed by atoms with Gasteiger partial charge in [-0.25, -0.2) is 0 Å². The Hall–Kier alpha value is -1.88. The first-order chi connectivity index (χ1) is 10.6. The highest BCUT2D eigenvalue weighted by molar-refractivity contribution is 6.01. The number of anilines is 1. The molecular formula is C17H23N3O2. The summed E-state index contributed by atoms with van der Waals surface area (Å²) in [4.78, 5) is 23.0. The highest BCUT2D eigenvalue weighted by Gasteiger charge is 2.26. The lowest BCUT2D eigenvalue weighted by Gasteiger charge is -2.26. The van der Waals surface area contributed by atoms with Gasteiger partial charge in [0.1, 0.15) is 6.04 Å². The third-order valence-corrected chi connectivity index (χ3v) is 4.63. The standard InChI is InChI=1S/C17H23N3O2/c1-11-10-13(19-15-4-5-16(21)20-17(15)22)2-3-14(11)12-6-8-18-9-7-12/h2-3,10,12,15,18-19H,4-9H2,1H3,(H,20,21,22). The van der Waals surface area contributed by atoms with Crippen molar-refractivity contribution in [1.82, 2.24) is 10.6 Å². The topological polar surface area (TPSA) is 70.2 Å². The predicted octanol–water partition coefficient (Wildman–Crippen LogP) is 1.68. The molecule has 0 aromatic heterocycles. The van der Waals surface area contributed by atoms with E-state index in [1.807, 2.05) is 6.07 Å². The van der Waals surface area contributed by atoms with Crippen LogP contribution in [0.15, 0.2) is 18.2 Å². The zero-order valence-corrected chi connectivity index (χ0v) is 12.9. The fourth-order valence-electron chi connectivity index (χ4n) is 3.39. The van der Waals surface area contributed by atoms with Gasteiger partial charge >= 0.3 is 0 Å². The van der Waals surface area contributed by atoms with Crippen molar-refractivity contribution < 1.29 is 9.59 Å². The lowest BCUT2D eigenvalue weighted by Crippen LogP contribution is -2.47. The van der Waals surface area contributed by atoms with Crippen LogP contribution in [0.1, 0.15) is 42.7 Å². The third-order valence-electron chi connectivity index (χ3n) is 4.63. The molecule has 0 spiro atoms. The molecule has 2 heterocycles. The molecule has 0 bridgehead atoms. The molecular weight excluding hydrogens is 278 g/mol. The van der Waals surface area contributed by atoms with Crippen LogP contribution < -0.4 is 16.0 Å². The van der Waals surface area contributed by atoms with E-state index in [2.05, 4.69) is 35.0 Å². The number of carbonyl (C=O) groups is 2. The maximum atomic E-state index is 11.8. The van der Waals surface area contributed by atoms with Gasteiger partial charge in [0.15, 0.2) is 0 Å². The zero-order chi connectivity index (χ0) is 15.5. The summed E-state index contributed by atoms with van der Waals surface area (Å²) in [5, 5.41) is 9.02. The Balaban J connectivity index is 1.69. The van der Waals surface area contributed by atoms with E-state index < -0.39 is 0 Å². The molecule has 3 rings (SSSR count). The van der Waals surface area contributed by atoms with E-state index in [-0.39, 0.29) is 17.9 Å². The van der Waals surface area contributed by atoms with Gasteiger partial charge in [-0.3, -0.25) is 14.9 Å². The van der Waals surface area contributed by atoms with E-state index >= 15 is 0 Å². The second kappa shape index (κ2) is 6.48. The summed E-state index contributed by atoms with van der Waals surface area (Å²) in [7, 11) is 0. The molecule has 22 heavy (non-hydrogen) atoms. The van der Waals surface area contributed by atoms with Crippen molar-refractivity contribution in [2.45, 2.75) is 44.6 Å². The molecule has 1 unspecified atom stereocenters. The minimum Gasteiger partial charge on any atom is -0.374 e. The Morgan fingerprint density at radius 2 is 1.91 bits per heavy atom. The summed E-state index contributed by atoms with van der Waals surface area (Å²) >= 11 is 0. The molecule has 2 fully saturated rings. The first-order valence-corrected chi connectivity index (χ1v) is 8.05. The first kappa shape index (κ1) is 15.0. The Labute approximate surface area is 130 Å². The van der Waals surface area contributed by atoms with Crippen molar-refractivity contribution in [3.8, 4) is 0 Å². The van der Waals surface area contributed by atoms with E-state index in [4.69, 9.17) is 0 Å². The molecule has 1 aromatic rings. The maximum Gasteiger partial charge on any atom is 0.249 e. The van der Waals surface area contributed by atoms with Crippen LogP contribution in [0.25, 0.3) is 0 Å². The fourth-order valence-corrected chi connectivity index (χ4v) is 3.39. The largest absolute Gasteiger partial charge is 0.374 e. The normalized spacial score (nSPS) is 23.2. The maximum absolute atomic E-state index is 11.8. The van der Waals surface area contributed by atoms with E-state index in [0.717, 1.165) is 18.8 Å². The van der Waals surface area contributed by atoms with E-state index in [9.17, 15) is 9.59 Å². The number of carbonyl (C=O) groups excluding carboxylic acids is 2. The lowest BCUT2D eigenvalue weighted by atomic mass is 9.87. The summed E-state index contributed by atoms with van der Waals surface area (Å²) in [6.07, 6.45) is 3.32. The van der Waals surface area contributed by atoms with Gasteiger partial charge in [-0.05, 0) is 68.5 Å². The van der Waals surface area contributed by atoms with Gasteiger partial charge in [0, 0.05) is 12.1 Å². The van der Waals surface area contributed by atoms with Crippen molar-refractivity contribution in [1.29, 1.82) is 0 Å². The SMILES string of the molecule is Cc1cc(NC2CCC(=O)NC2=O)ccc1C1CCNCC1. The number of benzene rings is 1. The molecule has 5 heteroatoms. The van der Waals surface area contributed by atoms with Crippen LogP contribution in [0.2, 0.25) is 0 Å². The molecule has 2 aliphatic rings. The van der Waals surface area contributed by atoms with Gasteiger partial charge < -0.3 is 10.6 Å². The quantitative estimate of drug-likeness (QED) is 0.743. The van der Waals surface area contributed by atoms with Crippen LogP contribution in [-0.4, -0.2) is 30.9 Å². The molecule has 3 N–H and O–H groups in total. The van der Waals surface area contributed by atoms with Crippen molar-refractivity contribution >= 4 is 17.5 Å². The highest BCUT2D eigenvalue weighted by atomic mass is 16.2. The first-order valence-electron chi connectivity index (χ1n) is 8.05. The van der Waals surface area contributed by atoms with E-state index in [0.29, 0.717) is 18.8 Å². The van der Waals surface area contributed by atoms with Crippen molar-refractivity contribution in [3.63, 3.8) is 0 Å². The van der Waals surface area contributed by atoms with Gasteiger partial charge in [0.25, 0.3) is 0 Å². The van der Waals surface area contributed by atoms with Crippen LogP contribution in [0.4, 0.5) is 5.69 Å². The molecule has 118 valence electrons. The number of imide groups is 1. The minimum absolute atomic E-state index is 0.180. The Morgan fingerprint density at radius 1 is 1.14 bits per heavy atom. The predicted molar refractivity (Wildman–Crippen MR) is 85.8 cm³/mol. The molecule has 0 saturated carbocycles. The number of nitrogens with one attached hydrogen (secondary N) is 3. The van der Waals surface area contributed by atoms with Crippen LogP contribution in [0.5, 0.6) is 0 Å². The summed E-state index contributed by atoms with van der Waals surface area (Å²) in [5.74, 6) is 0.225. The third kappa shape index (κ3) is 3.30. The van der Waals surface area contributed by atoms with Crippen LogP contribution in [0, 0.1) is 6.92 Å². The second-order valence-electron chi connectivity index (χ2n) is 6.24. The summed E-state index contributed by atoms with van der Waals surface area (Å²) < 4.78 is 0. The van der Waals surface area contributed by atoms with E-state index in [1.54, 1.807) is 0 Å². The van der Waals surface area contributed by atoms with Crippen LogP contribution in [0.3, 0.4) is 0 Å². The Kier molecular flexibility index (Phi) is 4.43. The minimum atomic E-state index is -0.318. The summed E-state index contributed by atoms with van der Waals surface area (Å²) in [5.41, 5.74) is 3.63. The average molecular weight is 301 g/mol. The van der Waals surface area contributed by atoms with Crippen molar-refractivity contribution in [2.24, 2.45) is 0 Å². The Bertz CT molecular complexity index is 579. The number of aryl methyl sites for hydroxylation is 1. The molecule has 2 amide bonds. The molecule has 2 aliphatic heterocycles. The molecule has 0 aliphatic carbocycles. The number of rotatable bonds is 3. The number of hydrogen-bond acceptors (Lipinski definition) is 4. The van der Waals surface area contributed by atoms with Crippen LogP contribution >= 0.6 is 0 Å². The summed E-state index contributed by atoms with van der Waals surface area (Å²) in [6, 6.07) is 6.02. The monoisotopic (exact) mass is 301 g/mol. The molecule has 1 atom stereocenters.